The van der Waals surface area contributed by atoms with Gasteiger partial charge >= 0.3 is 0 Å². The van der Waals surface area contributed by atoms with E-state index in [0.29, 0.717) is 0 Å². The number of nitrogens with zero attached hydrogens (tertiary/aromatic N) is 2. The fraction of sp³-hybridized carbons (Fsp3) is 0.692. The second-order valence-corrected chi connectivity index (χ2v) is 11.2. The molecule has 6 heteroatoms. The summed E-state index contributed by atoms with van der Waals surface area (Å²) in [7, 11) is 2.16. The Bertz CT molecular complexity index is 855. The number of piperazine rings is 1. The zero-order valence-corrected chi connectivity index (χ0v) is 19.8. The van der Waals surface area contributed by atoms with E-state index in [1.165, 1.54) is 24.9 Å². The highest BCUT2D eigenvalue weighted by molar-refractivity contribution is 5.98. The topological polar surface area (TPSA) is 64.7 Å². The number of hydrogen-bond donors (Lipinski definition) is 2. The van der Waals surface area contributed by atoms with E-state index < -0.39 is 6.04 Å². The molecule has 0 unspecified atom stereocenters. The lowest BCUT2D eigenvalue weighted by Gasteiger charge is -2.55. The zero-order valence-electron chi connectivity index (χ0n) is 19.8. The van der Waals surface area contributed by atoms with Crippen molar-refractivity contribution in [2.45, 2.75) is 58.4 Å². The molecule has 4 bridgehead atoms. The maximum Gasteiger partial charge on any atom is 0.246 e. The molecule has 0 radical (unpaired) electrons. The molecule has 5 aliphatic rings. The molecular formula is C26H38N4O2. The van der Waals surface area contributed by atoms with E-state index in [2.05, 4.69) is 40.5 Å². The summed E-state index contributed by atoms with van der Waals surface area (Å²) in [6, 6.07) is 5.59. The van der Waals surface area contributed by atoms with Crippen molar-refractivity contribution in [3.63, 3.8) is 0 Å². The molecule has 6 nitrogen and oxygen atoms in total. The largest absolute Gasteiger partial charge is 0.369 e. The average molecular weight is 439 g/mol. The summed E-state index contributed by atoms with van der Waals surface area (Å²) in [5.74, 6) is 2.13. The molecule has 1 aromatic rings. The Balaban J connectivity index is 1.19. The van der Waals surface area contributed by atoms with Crippen molar-refractivity contribution in [3.05, 3.63) is 23.8 Å². The third-order valence-corrected chi connectivity index (χ3v) is 8.57. The Morgan fingerprint density at radius 1 is 1.00 bits per heavy atom. The normalized spacial score (nSPS) is 32.6. The lowest BCUT2D eigenvalue weighted by molar-refractivity contribution is -0.147. The van der Waals surface area contributed by atoms with E-state index in [-0.39, 0.29) is 17.2 Å². The monoisotopic (exact) mass is 438 g/mol. The van der Waals surface area contributed by atoms with Gasteiger partial charge in [-0.1, -0.05) is 0 Å². The van der Waals surface area contributed by atoms with Crippen LogP contribution >= 0.6 is 0 Å². The maximum absolute atomic E-state index is 13.3. The fourth-order valence-electron chi connectivity index (χ4n) is 7.19. The van der Waals surface area contributed by atoms with Crippen LogP contribution in [0.25, 0.3) is 0 Å². The summed E-state index contributed by atoms with van der Waals surface area (Å²) in [5.41, 5.74) is 2.97. The van der Waals surface area contributed by atoms with E-state index in [9.17, 15) is 9.59 Å². The first kappa shape index (κ1) is 21.7. The van der Waals surface area contributed by atoms with Crippen LogP contribution < -0.4 is 15.5 Å². The SMILES string of the molecule is Cc1cc(NC(=O)[C@H](C)NC(=O)C23CC4CC(CC(C4)C2)C3)ccc1N1CCN(C)CC1. The van der Waals surface area contributed by atoms with Gasteiger partial charge in [-0.2, -0.15) is 0 Å². The number of nitrogens with one attached hydrogen (secondary N) is 2. The van der Waals surface area contributed by atoms with Gasteiger partial charge in [-0.05, 0) is 101 Å². The van der Waals surface area contributed by atoms with Crippen molar-refractivity contribution in [2.75, 3.05) is 43.4 Å². The first-order valence-corrected chi connectivity index (χ1v) is 12.5. The summed E-state index contributed by atoms with van der Waals surface area (Å²) in [4.78, 5) is 30.9. The van der Waals surface area contributed by atoms with Crippen molar-refractivity contribution in [2.24, 2.45) is 23.2 Å². The minimum absolute atomic E-state index is 0.112. The van der Waals surface area contributed by atoms with E-state index in [4.69, 9.17) is 0 Å². The first-order chi connectivity index (χ1) is 15.3. The third-order valence-electron chi connectivity index (χ3n) is 8.57. The van der Waals surface area contributed by atoms with Crippen molar-refractivity contribution >= 4 is 23.2 Å². The first-order valence-electron chi connectivity index (χ1n) is 12.5. The van der Waals surface area contributed by atoms with Gasteiger partial charge in [0.1, 0.15) is 6.04 Å². The van der Waals surface area contributed by atoms with Crippen LogP contribution in [-0.2, 0) is 9.59 Å². The van der Waals surface area contributed by atoms with Crippen molar-refractivity contribution in [1.82, 2.24) is 10.2 Å². The van der Waals surface area contributed by atoms with Gasteiger partial charge in [0, 0.05) is 43.0 Å². The molecule has 2 N–H and O–H groups in total. The van der Waals surface area contributed by atoms with Crippen molar-refractivity contribution in [3.8, 4) is 0 Å². The molecule has 6 rings (SSSR count). The smallest absolute Gasteiger partial charge is 0.246 e. The minimum Gasteiger partial charge on any atom is -0.369 e. The van der Waals surface area contributed by atoms with Crippen LogP contribution in [0.2, 0.25) is 0 Å². The van der Waals surface area contributed by atoms with Crippen LogP contribution in [0.3, 0.4) is 0 Å². The van der Waals surface area contributed by atoms with Crippen LogP contribution in [0.4, 0.5) is 11.4 Å². The average Bonchev–Trinajstić information content (AvgIpc) is 2.73. The van der Waals surface area contributed by atoms with Gasteiger partial charge in [-0.25, -0.2) is 0 Å². The van der Waals surface area contributed by atoms with Crippen LogP contribution in [-0.4, -0.2) is 56.0 Å². The highest BCUT2D eigenvalue weighted by Gasteiger charge is 2.54. The van der Waals surface area contributed by atoms with Crippen molar-refractivity contribution in [1.29, 1.82) is 0 Å². The molecule has 1 heterocycles. The van der Waals surface area contributed by atoms with Gasteiger partial charge < -0.3 is 20.4 Å². The minimum atomic E-state index is -0.534. The number of amides is 2. The quantitative estimate of drug-likeness (QED) is 0.740. The molecule has 0 aromatic heterocycles. The van der Waals surface area contributed by atoms with E-state index in [1.54, 1.807) is 6.92 Å². The lowest BCUT2D eigenvalue weighted by atomic mass is 9.49. The lowest BCUT2D eigenvalue weighted by Crippen LogP contribution is -2.56. The van der Waals surface area contributed by atoms with Crippen molar-refractivity contribution < 1.29 is 9.59 Å². The highest BCUT2D eigenvalue weighted by atomic mass is 16.2. The number of aryl methyl sites for hydroxylation is 1. The van der Waals surface area contributed by atoms with Gasteiger partial charge in [0.05, 0.1) is 0 Å². The Morgan fingerprint density at radius 3 is 2.16 bits per heavy atom. The molecule has 4 saturated carbocycles. The summed E-state index contributed by atoms with van der Waals surface area (Å²) in [6.07, 6.45) is 6.99. The predicted molar refractivity (Wildman–Crippen MR) is 128 cm³/mol. The van der Waals surface area contributed by atoms with E-state index >= 15 is 0 Å². The third kappa shape index (κ3) is 4.14. The maximum atomic E-state index is 13.3. The molecule has 32 heavy (non-hydrogen) atoms. The van der Waals surface area contributed by atoms with Gasteiger partial charge in [0.2, 0.25) is 11.8 Å². The number of carbonyl (C=O) groups excluding carboxylic acids is 2. The van der Waals surface area contributed by atoms with E-state index in [0.717, 1.165) is 74.4 Å². The summed E-state index contributed by atoms with van der Waals surface area (Å²) in [5, 5.41) is 6.09. The molecule has 1 saturated heterocycles. The Labute approximate surface area is 192 Å². The zero-order chi connectivity index (χ0) is 22.5. The number of hydrogen-bond acceptors (Lipinski definition) is 4. The molecule has 5 fully saturated rings. The summed E-state index contributed by atoms with van der Waals surface area (Å²) >= 11 is 0. The van der Waals surface area contributed by atoms with Gasteiger partial charge in [-0.3, -0.25) is 9.59 Å². The number of benzene rings is 1. The molecule has 174 valence electrons. The van der Waals surface area contributed by atoms with Gasteiger partial charge in [0.25, 0.3) is 0 Å². The Hall–Kier alpha value is -2.08. The van der Waals surface area contributed by atoms with Crippen LogP contribution in [0.1, 0.15) is 51.0 Å². The molecule has 2 amide bonds. The molecule has 1 aromatic carbocycles. The molecule has 1 atom stereocenters. The summed E-state index contributed by atoms with van der Waals surface area (Å²) < 4.78 is 0. The second kappa shape index (κ2) is 8.36. The standard InChI is InChI=1S/C26H38N4O2/c1-17-10-22(4-5-23(17)30-8-6-29(3)7-9-30)28-24(31)18(2)27-25(32)26-14-19-11-20(15-26)13-21(12-19)16-26/h4-5,10,18-21H,6-9,11-16H2,1-3H3,(H,27,32)(H,28,31)/t18-,19?,20?,21?,26?/m0/s1. The van der Waals surface area contributed by atoms with Crippen LogP contribution in [0, 0.1) is 30.1 Å². The van der Waals surface area contributed by atoms with Gasteiger partial charge in [-0.15, -0.1) is 0 Å². The Morgan fingerprint density at radius 2 is 1.59 bits per heavy atom. The van der Waals surface area contributed by atoms with Crippen LogP contribution in [0.15, 0.2) is 18.2 Å². The van der Waals surface area contributed by atoms with E-state index in [1.807, 2.05) is 12.1 Å². The highest BCUT2D eigenvalue weighted by Crippen LogP contribution is 2.60. The fourth-order valence-corrected chi connectivity index (χ4v) is 7.19. The predicted octanol–water partition coefficient (Wildman–Crippen LogP) is 3.41. The van der Waals surface area contributed by atoms with Gasteiger partial charge in [0.15, 0.2) is 0 Å². The number of carbonyl (C=O) groups is 2. The van der Waals surface area contributed by atoms with Crippen LogP contribution in [0.5, 0.6) is 0 Å². The molecule has 4 aliphatic carbocycles. The second-order valence-electron chi connectivity index (χ2n) is 11.2. The Kier molecular flexibility index (Phi) is 5.68. The number of rotatable bonds is 5. The molecule has 1 aliphatic heterocycles. The number of likely N-dealkylation sites (N-methyl/N-ethyl adjacent to an activating group) is 1. The molecule has 0 spiro atoms. The summed E-state index contributed by atoms with van der Waals surface area (Å²) in [6.45, 7) is 8.09. The molecular weight excluding hydrogens is 400 g/mol. The number of anilines is 2.